The number of para-hydroxylation sites is 1. The van der Waals surface area contributed by atoms with Crippen molar-refractivity contribution >= 4 is 23.5 Å². The highest BCUT2D eigenvalue weighted by Gasteiger charge is 2.15. The molecule has 138 valence electrons. The Hall–Kier alpha value is -2.99. The average molecular weight is 379 g/mol. The van der Waals surface area contributed by atoms with Crippen LogP contribution in [-0.2, 0) is 0 Å². The van der Waals surface area contributed by atoms with E-state index < -0.39 is 0 Å². The van der Waals surface area contributed by atoms with Crippen molar-refractivity contribution in [1.29, 1.82) is 0 Å². The first kappa shape index (κ1) is 18.8. The van der Waals surface area contributed by atoms with Crippen LogP contribution in [0.2, 0.25) is 0 Å². The first-order valence-corrected chi connectivity index (χ1v) is 9.58. The van der Waals surface area contributed by atoms with Crippen molar-refractivity contribution in [1.82, 2.24) is 10.4 Å². The Balaban J connectivity index is 1.70. The van der Waals surface area contributed by atoms with Crippen LogP contribution in [0.4, 0.5) is 0 Å². The molecule has 0 fully saturated rings. The van der Waals surface area contributed by atoms with Gasteiger partial charge in [0.15, 0.2) is 0 Å². The smallest absolute Gasteiger partial charge is 0.283 e. The zero-order valence-corrected chi connectivity index (χ0v) is 16.1. The fraction of sp³-hybridized carbons (Fsp3) is 0.190. The van der Waals surface area contributed by atoms with Crippen molar-refractivity contribution in [3.05, 3.63) is 70.7 Å². The van der Waals surface area contributed by atoms with Crippen LogP contribution in [0.3, 0.4) is 0 Å². The average Bonchev–Trinajstić information content (AvgIpc) is 3.09. The fourth-order valence-corrected chi connectivity index (χ4v) is 3.41. The molecule has 1 N–H and O–H groups in total. The van der Waals surface area contributed by atoms with E-state index in [1.54, 1.807) is 6.21 Å². The Morgan fingerprint density at radius 2 is 1.93 bits per heavy atom. The third-order valence-electron chi connectivity index (χ3n) is 3.77. The molecule has 2 aromatic carbocycles. The summed E-state index contributed by atoms with van der Waals surface area (Å²) in [5.74, 6) is 0.480. The van der Waals surface area contributed by atoms with E-state index in [1.165, 1.54) is 11.3 Å². The molecule has 1 amide bonds. The summed E-state index contributed by atoms with van der Waals surface area (Å²) in [7, 11) is 0. The van der Waals surface area contributed by atoms with Crippen molar-refractivity contribution in [3.63, 3.8) is 0 Å². The number of rotatable bonds is 7. The molecular weight excluding hydrogens is 358 g/mol. The number of nitrogens with one attached hydrogen (secondary N) is 1. The minimum atomic E-state index is -0.268. The summed E-state index contributed by atoms with van der Waals surface area (Å²) in [4.78, 5) is 17.5. The number of hydrogen-bond acceptors (Lipinski definition) is 5. The van der Waals surface area contributed by atoms with Gasteiger partial charge in [0.2, 0.25) is 0 Å². The summed E-state index contributed by atoms with van der Waals surface area (Å²) in [6.07, 6.45) is 2.52. The van der Waals surface area contributed by atoms with Gasteiger partial charge >= 0.3 is 0 Å². The zero-order valence-electron chi connectivity index (χ0n) is 15.3. The normalized spacial score (nSPS) is 10.9. The van der Waals surface area contributed by atoms with Crippen LogP contribution in [-0.4, -0.2) is 23.7 Å². The highest BCUT2D eigenvalue weighted by atomic mass is 32.1. The van der Waals surface area contributed by atoms with Crippen LogP contribution in [0.1, 0.15) is 34.3 Å². The molecule has 3 aromatic rings. The van der Waals surface area contributed by atoms with Gasteiger partial charge in [-0.15, -0.1) is 11.3 Å². The summed E-state index contributed by atoms with van der Waals surface area (Å²) in [6, 6.07) is 17.4. The van der Waals surface area contributed by atoms with Gasteiger partial charge in [0.05, 0.1) is 18.5 Å². The molecule has 27 heavy (non-hydrogen) atoms. The Kier molecular flexibility index (Phi) is 6.33. The number of aromatic nitrogens is 1. The third-order valence-corrected chi connectivity index (χ3v) is 4.98. The standard InChI is InChI=1S/C21H21N3O2S/c1-3-13-26-18-12-8-7-11-17(18)14-22-24-20(25)19-15(2)23-21(27-19)16-9-5-4-6-10-16/h4-12,14H,3,13H2,1-2H3,(H,24,25)/b22-14+. The number of thiazole rings is 1. The molecule has 0 bridgehead atoms. The molecular formula is C21H21N3O2S. The summed E-state index contributed by atoms with van der Waals surface area (Å²) in [6.45, 7) is 4.52. The molecule has 0 saturated carbocycles. The lowest BCUT2D eigenvalue weighted by Gasteiger charge is -2.07. The molecule has 1 heterocycles. The maximum Gasteiger partial charge on any atom is 0.283 e. The van der Waals surface area contributed by atoms with E-state index in [2.05, 4.69) is 22.4 Å². The molecule has 6 heteroatoms. The molecule has 0 atom stereocenters. The van der Waals surface area contributed by atoms with Gasteiger partial charge in [0.25, 0.3) is 5.91 Å². The molecule has 0 radical (unpaired) electrons. The molecule has 0 unspecified atom stereocenters. The number of hydrazone groups is 1. The second-order valence-corrected chi connectivity index (χ2v) is 6.88. The van der Waals surface area contributed by atoms with Gasteiger partial charge in [0, 0.05) is 11.1 Å². The third kappa shape index (κ3) is 4.80. The van der Waals surface area contributed by atoms with Crippen LogP contribution < -0.4 is 10.2 Å². The minimum absolute atomic E-state index is 0.268. The first-order valence-electron chi connectivity index (χ1n) is 8.77. The van der Waals surface area contributed by atoms with E-state index in [9.17, 15) is 4.79 Å². The molecule has 5 nitrogen and oxygen atoms in total. The van der Waals surface area contributed by atoms with Gasteiger partial charge in [-0.2, -0.15) is 5.10 Å². The first-order chi connectivity index (χ1) is 13.2. The number of amides is 1. The number of aryl methyl sites for hydroxylation is 1. The Morgan fingerprint density at radius 3 is 2.70 bits per heavy atom. The van der Waals surface area contributed by atoms with Gasteiger partial charge in [0.1, 0.15) is 15.6 Å². The van der Waals surface area contributed by atoms with E-state index >= 15 is 0 Å². The second-order valence-electron chi connectivity index (χ2n) is 5.88. The summed E-state index contributed by atoms with van der Waals surface area (Å²) < 4.78 is 5.69. The maximum atomic E-state index is 12.5. The highest BCUT2D eigenvalue weighted by molar-refractivity contribution is 7.17. The second kappa shape index (κ2) is 9.09. The lowest BCUT2D eigenvalue weighted by Crippen LogP contribution is -2.17. The predicted molar refractivity (Wildman–Crippen MR) is 110 cm³/mol. The SMILES string of the molecule is CCCOc1ccccc1/C=N/NC(=O)c1sc(-c2ccccc2)nc1C. The molecule has 0 spiro atoms. The fourth-order valence-electron chi connectivity index (χ4n) is 2.45. The number of nitrogens with zero attached hydrogens (tertiary/aromatic N) is 2. The lowest BCUT2D eigenvalue weighted by molar-refractivity contribution is 0.0958. The number of ether oxygens (including phenoxy) is 1. The summed E-state index contributed by atoms with van der Waals surface area (Å²) in [5, 5.41) is 4.90. The minimum Gasteiger partial charge on any atom is -0.493 e. The lowest BCUT2D eigenvalue weighted by atomic mass is 10.2. The van der Waals surface area contributed by atoms with Crippen molar-refractivity contribution in [2.24, 2.45) is 5.10 Å². The molecule has 0 saturated heterocycles. The summed E-state index contributed by atoms with van der Waals surface area (Å²) >= 11 is 1.36. The number of benzene rings is 2. The van der Waals surface area contributed by atoms with Gasteiger partial charge in [-0.1, -0.05) is 49.4 Å². The molecule has 0 aliphatic rings. The highest BCUT2D eigenvalue weighted by Crippen LogP contribution is 2.27. The van der Waals surface area contributed by atoms with Crippen LogP contribution >= 0.6 is 11.3 Å². The topological polar surface area (TPSA) is 63.6 Å². The Bertz CT molecular complexity index is 936. The number of hydrogen-bond donors (Lipinski definition) is 1. The van der Waals surface area contributed by atoms with Gasteiger partial charge in [-0.3, -0.25) is 4.79 Å². The van der Waals surface area contributed by atoms with E-state index in [4.69, 9.17) is 4.74 Å². The molecule has 0 aliphatic carbocycles. The zero-order chi connectivity index (χ0) is 19.1. The van der Waals surface area contributed by atoms with Crippen molar-refractivity contribution < 1.29 is 9.53 Å². The van der Waals surface area contributed by atoms with Crippen molar-refractivity contribution in [2.45, 2.75) is 20.3 Å². The number of carbonyl (C=O) groups is 1. The summed E-state index contributed by atoms with van der Waals surface area (Å²) in [5.41, 5.74) is 5.09. The molecule has 0 aliphatic heterocycles. The largest absolute Gasteiger partial charge is 0.493 e. The van der Waals surface area contributed by atoms with Crippen LogP contribution in [0.25, 0.3) is 10.6 Å². The van der Waals surface area contributed by atoms with E-state index in [0.29, 0.717) is 17.2 Å². The van der Waals surface area contributed by atoms with E-state index in [1.807, 2.05) is 61.5 Å². The maximum absolute atomic E-state index is 12.5. The quantitative estimate of drug-likeness (QED) is 0.479. The predicted octanol–water partition coefficient (Wildman–Crippen LogP) is 4.67. The van der Waals surface area contributed by atoms with Crippen molar-refractivity contribution in [2.75, 3.05) is 6.61 Å². The van der Waals surface area contributed by atoms with Gasteiger partial charge in [-0.05, 0) is 25.5 Å². The Morgan fingerprint density at radius 1 is 1.19 bits per heavy atom. The molecule has 1 aromatic heterocycles. The van der Waals surface area contributed by atoms with E-state index in [-0.39, 0.29) is 5.91 Å². The van der Waals surface area contributed by atoms with Gasteiger partial charge in [-0.25, -0.2) is 10.4 Å². The number of carbonyl (C=O) groups excluding carboxylic acids is 1. The van der Waals surface area contributed by atoms with Gasteiger partial charge < -0.3 is 4.74 Å². The van der Waals surface area contributed by atoms with Crippen LogP contribution in [0.15, 0.2) is 59.7 Å². The van der Waals surface area contributed by atoms with E-state index in [0.717, 1.165) is 28.3 Å². The van der Waals surface area contributed by atoms with Crippen molar-refractivity contribution in [3.8, 4) is 16.3 Å². The molecule has 3 rings (SSSR count). The monoisotopic (exact) mass is 379 g/mol. The Labute approximate surface area is 162 Å². The van der Waals surface area contributed by atoms with Crippen LogP contribution in [0, 0.1) is 6.92 Å². The van der Waals surface area contributed by atoms with Crippen LogP contribution in [0.5, 0.6) is 5.75 Å².